The molecule has 3 heteroatoms. The zero-order valence-electron chi connectivity index (χ0n) is 21.1. The number of benzene rings is 3. The number of esters is 1. The number of rotatable bonds is 8. The molecule has 1 aliphatic carbocycles. The molecule has 0 unspecified atom stereocenters. The van der Waals surface area contributed by atoms with Crippen LogP contribution in [0.3, 0.4) is 0 Å². The van der Waals surface area contributed by atoms with E-state index < -0.39 is 0 Å². The summed E-state index contributed by atoms with van der Waals surface area (Å²) in [5.41, 5.74) is 2.34. The first-order chi connectivity index (χ1) is 17.6. The van der Waals surface area contributed by atoms with Crippen LogP contribution in [0, 0.1) is 23.7 Å². The Labute approximate surface area is 214 Å². The maximum atomic E-state index is 12.8. The molecule has 0 heterocycles. The van der Waals surface area contributed by atoms with Crippen LogP contribution in [0.15, 0.2) is 73.3 Å². The molecule has 3 aromatic carbocycles. The second-order valence-corrected chi connectivity index (χ2v) is 9.75. The molecule has 0 aliphatic heterocycles. The highest BCUT2D eigenvalue weighted by molar-refractivity contribution is 6.04. The van der Waals surface area contributed by atoms with Crippen LogP contribution in [0.2, 0.25) is 0 Å². The molecule has 0 atom stereocenters. The van der Waals surface area contributed by atoms with Crippen LogP contribution in [0.25, 0.3) is 10.8 Å². The first-order valence-corrected chi connectivity index (χ1v) is 13.1. The van der Waals surface area contributed by atoms with E-state index >= 15 is 0 Å². The number of ether oxygens (including phenoxy) is 1. The summed E-state index contributed by atoms with van der Waals surface area (Å²) in [4.78, 5) is 24.4. The topological polar surface area (TPSA) is 43.4 Å². The van der Waals surface area contributed by atoms with Gasteiger partial charge < -0.3 is 4.74 Å². The lowest BCUT2D eigenvalue weighted by molar-refractivity contribution is -0.140. The normalized spacial score (nSPS) is 17.1. The Morgan fingerprint density at radius 3 is 2.28 bits per heavy atom. The third-order valence-corrected chi connectivity index (χ3v) is 7.13. The molecular weight excluding hydrogens is 444 g/mol. The fourth-order valence-corrected chi connectivity index (χ4v) is 4.91. The molecule has 0 amide bonds. The Kier molecular flexibility index (Phi) is 8.74. The molecule has 0 bridgehead atoms. The number of hydrogen-bond donors (Lipinski definition) is 0. The minimum absolute atomic E-state index is 0.0183. The van der Waals surface area contributed by atoms with E-state index in [4.69, 9.17) is 4.74 Å². The van der Waals surface area contributed by atoms with Gasteiger partial charge in [0.25, 0.3) is 0 Å². The molecule has 0 aromatic heterocycles. The molecule has 0 saturated heterocycles. The molecule has 1 saturated carbocycles. The van der Waals surface area contributed by atoms with Crippen LogP contribution in [0.5, 0.6) is 5.75 Å². The summed E-state index contributed by atoms with van der Waals surface area (Å²) in [7, 11) is 0. The number of carbonyl (C=O) groups excluding carboxylic acids is 2. The smallest absolute Gasteiger partial charge is 0.314 e. The van der Waals surface area contributed by atoms with Crippen LogP contribution < -0.4 is 4.74 Å². The number of fused-ring (bicyclic) bond motifs is 1. The van der Waals surface area contributed by atoms with E-state index in [1.165, 1.54) is 31.8 Å². The number of ketones is 1. The van der Waals surface area contributed by atoms with Crippen molar-refractivity contribution < 1.29 is 14.3 Å². The van der Waals surface area contributed by atoms with Crippen molar-refractivity contribution in [3.8, 4) is 17.6 Å². The molecular formula is C33H34O3. The molecule has 1 aliphatic rings. The Bertz CT molecular complexity index is 1280. The lowest BCUT2D eigenvalue weighted by atomic mass is 9.80. The Balaban J connectivity index is 1.35. The van der Waals surface area contributed by atoms with E-state index in [9.17, 15) is 9.59 Å². The van der Waals surface area contributed by atoms with Crippen molar-refractivity contribution in [1.82, 2.24) is 0 Å². The Hall–Kier alpha value is -3.64. The van der Waals surface area contributed by atoms with E-state index in [1.807, 2.05) is 48.5 Å². The van der Waals surface area contributed by atoms with Crippen molar-refractivity contribution in [2.45, 2.75) is 58.3 Å². The molecule has 0 spiro atoms. The summed E-state index contributed by atoms with van der Waals surface area (Å²) in [6.07, 6.45) is 10.7. The van der Waals surface area contributed by atoms with Crippen molar-refractivity contribution >= 4 is 22.5 Å². The van der Waals surface area contributed by atoms with Gasteiger partial charge in [0.15, 0.2) is 5.78 Å². The van der Waals surface area contributed by atoms with Gasteiger partial charge in [-0.05, 0) is 97.0 Å². The van der Waals surface area contributed by atoms with Gasteiger partial charge in [0.05, 0.1) is 5.92 Å². The second kappa shape index (κ2) is 12.4. The summed E-state index contributed by atoms with van der Waals surface area (Å²) in [5, 5.41) is 2.05. The van der Waals surface area contributed by atoms with Gasteiger partial charge >= 0.3 is 5.97 Å². The third kappa shape index (κ3) is 6.73. The van der Waals surface area contributed by atoms with Gasteiger partial charge in [0.2, 0.25) is 0 Å². The molecule has 36 heavy (non-hydrogen) atoms. The molecule has 0 radical (unpaired) electrons. The summed E-state index contributed by atoms with van der Waals surface area (Å²) in [6, 6.07) is 19.0. The lowest BCUT2D eigenvalue weighted by Crippen LogP contribution is -2.25. The first-order valence-electron chi connectivity index (χ1n) is 13.1. The molecule has 0 N–H and O–H groups in total. The lowest BCUT2D eigenvalue weighted by Gasteiger charge is -2.27. The Morgan fingerprint density at radius 1 is 0.889 bits per heavy atom. The molecule has 184 valence electrons. The molecule has 3 aromatic rings. The SMILES string of the molecule is C=CC(=O)c1ccc(C#Cc2ccc3cc(OC(=O)C4CCC(CCCCC)CC4)ccc3c2)cc1. The fraction of sp³-hybridized carbons (Fsp3) is 0.333. The maximum absolute atomic E-state index is 12.8. The van der Waals surface area contributed by atoms with Crippen molar-refractivity contribution in [2.75, 3.05) is 0 Å². The van der Waals surface area contributed by atoms with Crippen LogP contribution >= 0.6 is 0 Å². The molecule has 3 nitrogen and oxygen atoms in total. The molecule has 4 rings (SSSR count). The van der Waals surface area contributed by atoms with Crippen molar-refractivity contribution in [2.24, 2.45) is 11.8 Å². The molecule has 1 fully saturated rings. The summed E-state index contributed by atoms with van der Waals surface area (Å²) < 4.78 is 5.77. The average molecular weight is 479 g/mol. The highest BCUT2D eigenvalue weighted by Gasteiger charge is 2.27. The van der Waals surface area contributed by atoms with E-state index in [2.05, 4.69) is 25.3 Å². The van der Waals surface area contributed by atoms with E-state index in [0.717, 1.165) is 53.5 Å². The van der Waals surface area contributed by atoms with Gasteiger partial charge in [0, 0.05) is 16.7 Å². The van der Waals surface area contributed by atoms with Crippen LogP contribution in [-0.2, 0) is 4.79 Å². The summed E-state index contributed by atoms with van der Waals surface area (Å²) in [5.74, 6) is 7.54. The Morgan fingerprint density at radius 2 is 1.56 bits per heavy atom. The van der Waals surface area contributed by atoms with Gasteiger partial charge in [-0.15, -0.1) is 0 Å². The largest absolute Gasteiger partial charge is 0.426 e. The predicted molar refractivity (Wildman–Crippen MR) is 146 cm³/mol. The van der Waals surface area contributed by atoms with Gasteiger partial charge in [-0.3, -0.25) is 9.59 Å². The van der Waals surface area contributed by atoms with E-state index in [0.29, 0.717) is 11.3 Å². The number of hydrogen-bond acceptors (Lipinski definition) is 3. The highest BCUT2D eigenvalue weighted by atomic mass is 16.5. The van der Waals surface area contributed by atoms with Gasteiger partial charge in [-0.1, -0.05) is 63.2 Å². The minimum atomic E-state index is -0.0979. The monoisotopic (exact) mass is 478 g/mol. The van der Waals surface area contributed by atoms with Crippen molar-refractivity contribution in [3.05, 3.63) is 90.0 Å². The van der Waals surface area contributed by atoms with Gasteiger partial charge in [-0.2, -0.15) is 0 Å². The number of allylic oxidation sites excluding steroid dienone is 1. The van der Waals surface area contributed by atoms with E-state index in [1.54, 1.807) is 12.1 Å². The first kappa shape index (κ1) is 25.5. The summed E-state index contributed by atoms with van der Waals surface area (Å²) in [6.45, 7) is 5.75. The zero-order valence-corrected chi connectivity index (χ0v) is 21.1. The maximum Gasteiger partial charge on any atom is 0.314 e. The number of unbranched alkanes of at least 4 members (excludes halogenated alkanes) is 2. The van der Waals surface area contributed by atoms with Gasteiger partial charge in [-0.25, -0.2) is 0 Å². The van der Waals surface area contributed by atoms with Crippen molar-refractivity contribution in [3.63, 3.8) is 0 Å². The van der Waals surface area contributed by atoms with Crippen LogP contribution in [0.1, 0.15) is 79.8 Å². The average Bonchev–Trinajstić information content (AvgIpc) is 2.92. The third-order valence-electron chi connectivity index (χ3n) is 7.13. The van der Waals surface area contributed by atoms with Crippen molar-refractivity contribution in [1.29, 1.82) is 0 Å². The standard InChI is InChI=1S/C33H34O3/c1-3-5-6-7-24-12-17-28(18-13-24)33(35)36-31-21-20-29-22-26(14-19-30(29)23-31)9-8-25-10-15-27(16-11-25)32(34)4-2/h4,10-11,14-16,19-24,28H,2-3,5-7,12-13,17-18H2,1H3. The van der Waals surface area contributed by atoms with Crippen LogP contribution in [-0.4, -0.2) is 11.8 Å². The highest BCUT2D eigenvalue weighted by Crippen LogP contribution is 2.33. The fourth-order valence-electron chi connectivity index (χ4n) is 4.91. The number of carbonyl (C=O) groups is 2. The predicted octanol–water partition coefficient (Wildman–Crippen LogP) is 7.90. The minimum Gasteiger partial charge on any atom is -0.426 e. The van der Waals surface area contributed by atoms with Gasteiger partial charge in [0.1, 0.15) is 5.75 Å². The van der Waals surface area contributed by atoms with Crippen LogP contribution in [0.4, 0.5) is 0 Å². The quantitative estimate of drug-likeness (QED) is 0.0825. The van der Waals surface area contributed by atoms with E-state index in [-0.39, 0.29) is 17.7 Å². The second-order valence-electron chi connectivity index (χ2n) is 9.75. The summed E-state index contributed by atoms with van der Waals surface area (Å²) >= 11 is 0. The zero-order chi connectivity index (χ0) is 25.3.